The molecule has 2 rings (SSSR count). The van der Waals surface area contributed by atoms with Crippen LogP contribution >= 0.6 is 0 Å². The van der Waals surface area contributed by atoms with Gasteiger partial charge in [-0.25, -0.2) is 4.79 Å². The number of hydrogen-bond acceptors (Lipinski definition) is 4. The average Bonchev–Trinajstić information content (AvgIpc) is 2.62. The van der Waals surface area contributed by atoms with Crippen LogP contribution in [-0.2, 0) is 20.9 Å². The number of hydrogen-bond donors (Lipinski definition) is 0. The van der Waals surface area contributed by atoms with E-state index in [2.05, 4.69) is 4.74 Å². The van der Waals surface area contributed by atoms with Gasteiger partial charge in [-0.1, -0.05) is 12.1 Å². The highest BCUT2D eigenvalue weighted by Crippen LogP contribution is 2.16. The van der Waals surface area contributed by atoms with Gasteiger partial charge in [-0.05, 0) is 30.5 Å². The average molecular weight is 275 g/mol. The lowest BCUT2D eigenvalue weighted by Gasteiger charge is -2.18. The maximum Gasteiger partial charge on any atom is 0.337 e. The molecule has 5 nitrogen and oxygen atoms in total. The molecule has 0 unspecified atom stereocenters. The van der Waals surface area contributed by atoms with E-state index in [1.165, 1.54) is 12.0 Å². The molecule has 0 spiro atoms. The number of benzene rings is 1. The van der Waals surface area contributed by atoms with E-state index in [4.69, 9.17) is 0 Å². The Bertz CT molecular complexity index is 503. The summed E-state index contributed by atoms with van der Waals surface area (Å²) in [6.45, 7) is 0.263. The first-order valence-corrected chi connectivity index (χ1v) is 6.62. The highest BCUT2D eigenvalue weighted by atomic mass is 16.5. The summed E-state index contributed by atoms with van der Waals surface area (Å²) in [7, 11) is 1.32. The second-order valence-corrected chi connectivity index (χ2v) is 4.77. The number of carbonyl (C=O) groups is 3. The van der Waals surface area contributed by atoms with Crippen molar-refractivity contribution in [2.75, 3.05) is 7.11 Å². The lowest BCUT2D eigenvalue weighted by molar-refractivity contribution is -0.144. The van der Waals surface area contributed by atoms with E-state index in [1.807, 2.05) is 0 Å². The van der Waals surface area contributed by atoms with E-state index in [-0.39, 0.29) is 18.4 Å². The molecule has 1 aliphatic rings. The van der Waals surface area contributed by atoms with Crippen LogP contribution in [0.3, 0.4) is 0 Å². The largest absolute Gasteiger partial charge is 0.465 e. The van der Waals surface area contributed by atoms with Crippen molar-refractivity contribution in [3.8, 4) is 0 Å². The lowest BCUT2D eigenvalue weighted by atomic mass is 10.1. The van der Waals surface area contributed by atoms with Gasteiger partial charge in [0.1, 0.15) is 0 Å². The summed E-state index contributed by atoms with van der Waals surface area (Å²) in [5.74, 6) is -0.646. The third-order valence-electron chi connectivity index (χ3n) is 3.35. The van der Waals surface area contributed by atoms with Crippen LogP contribution in [0, 0.1) is 0 Å². The van der Waals surface area contributed by atoms with Crippen LogP contribution in [-0.4, -0.2) is 29.8 Å². The third kappa shape index (κ3) is 3.23. The standard InChI is InChI=1S/C15H17NO4/c1-20-15(19)12-8-6-11(7-9-12)10-16-13(17)4-2-3-5-14(16)18/h6-9H,2-5,10H2,1H3. The van der Waals surface area contributed by atoms with Crippen LogP contribution in [0.25, 0.3) is 0 Å². The van der Waals surface area contributed by atoms with Gasteiger partial charge in [-0.2, -0.15) is 0 Å². The van der Waals surface area contributed by atoms with Crippen LogP contribution in [0.4, 0.5) is 0 Å². The van der Waals surface area contributed by atoms with Gasteiger partial charge in [-0.3, -0.25) is 14.5 Å². The Hall–Kier alpha value is -2.17. The molecule has 0 N–H and O–H groups in total. The monoisotopic (exact) mass is 275 g/mol. The fourth-order valence-electron chi connectivity index (χ4n) is 2.18. The summed E-state index contributed by atoms with van der Waals surface area (Å²) in [4.78, 5) is 36.4. The van der Waals surface area contributed by atoms with E-state index >= 15 is 0 Å². The number of nitrogens with zero attached hydrogens (tertiary/aromatic N) is 1. The maximum absolute atomic E-state index is 11.9. The number of rotatable bonds is 3. The minimum atomic E-state index is -0.404. The highest BCUT2D eigenvalue weighted by Gasteiger charge is 2.23. The Kier molecular flexibility index (Phi) is 4.50. The molecule has 1 heterocycles. The molecule has 1 aromatic carbocycles. The summed E-state index contributed by atoms with van der Waals surface area (Å²) < 4.78 is 4.62. The minimum Gasteiger partial charge on any atom is -0.465 e. The molecule has 5 heteroatoms. The number of likely N-dealkylation sites (tertiary alicyclic amines) is 1. The third-order valence-corrected chi connectivity index (χ3v) is 3.35. The number of amides is 2. The van der Waals surface area contributed by atoms with Gasteiger partial charge < -0.3 is 4.74 Å². The first-order chi connectivity index (χ1) is 9.61. The molecule has 0 aliphatic carbocycles. The number of carbonyl (C=O) groups excluding carboxylic acids is 3. The van der Waals surface area contributed by atoms with Crippen LogP contribution in [0.1, 0.15) is 41.6 Å². The Morgan fingerprint density at radius 2 is 1.65 bits per heavy atom. The van der Waals surface area contributed by atoms with E-state index in [9.17, 15) is 14.4 Å². The van der Waals surface area contributed by atoms with Crippen LogP contribution in [0.2, 0.25) is 0 Å². The van der Waals surface area contributed by atoms with Crippen molar-refractivity contribution in [3.63, 3.8) is 0 Å². The van der Waals surface area contributed by atoms with Crippen molar-refractivity contribution in [3.05, 3.63) is 35.4 Å². The molecule has 0 radical (unpaired) electrons. The number of imide groups is 1. The molecule has 0 saturated carbocycles. The summed E-state index contributed by atoms with van der Waals surface area (Å²) >= 11 is 0. The summed E-state index contributed by atoms with van der Waals surface area (Å²) in [6.07, 6.45) is 2.38. The molecular weight excluding hydrogens is 258 g/mol. The molecule has 1 saturated heterocycles. The Labute approximate surface area is 117 Å². The zero-order valence-electron chi connectivity index (χ0n) is 11.4. The predicted octanol–water partition coefficient (Wildman–Crippen LogP) is 1.90. The first-order valence-electron chi connectivity index (χ1n) is 6.62. The maximum atomic E-state index is 11.9. The fraction of sp³-hybridized carbons (Fsp3) is 0.400. The van der Waals surface area contributed by atoms with Crippen LogP contribution in [0.15, 0.2) is 24.3 Å². The Morgan fingerprint density at radius 1 is 1.10 bits per heavy atom. The quantitative estimate of drug-likeness (QED) is 0.624. The molecule has 1 aromatic rings. The van der Waals surface area contributed by atoms with E-state index < -0.39 is 5.97 Å². The van der Waals surface area contributed by atoms with Crippen molar-refractivity contribution < 1.29 is 19.1 Å². The van der Waals surface area contributed by atoms with Gasteiger partial charge in [-0.15, -0.1) is 0 Å². The van der Waals surface area contributed by atoms with Gasteiger partial charge in [0.2, 0.25) is 11.8 Å². The van der Waals surface area contributed by atoms with Crippen molar-refractivity contribution >= 4 is 17.8 Å². The second-order valence-electron chi connectivity index (χ2n) is 4.77. The Morgan fingerprint density at radius 3 is 2.15 bits per heavy atom. The van der Waals surface area contributed by atoms with E-state index in [1.54, 1.807) is 24.3 Å². The molecule has 1 aliphatic heterocycles. The van der Waals surface area contributed by atoms with E-state index in [0.29, 0.717) is 18.4 Å². The molecule has 2 amide bonds. The predicted molar refractivity (Wildman–Crippen MR) is 71.8 cm³/mol. The van der Waals surface area contributed by atoms with Gasteiger partial charge in [0.05, 0.1) is 19.2 Å². The van der Waals surface area contributed by atoms with Crippen LogP contribution < -0.4 is 0 Å². The molecule has 106 valence electrons. The normalized spacial score (nSPS) is 15.9. The fourth-order valence-corrected chi connectivity index (χ4v) is 2.18. The Balaban J connectivity index is 2.10. The lowest BCUT2D eigenvalue weighted by Crippen LogP contribution is -2.34. The van der Waals surface area contributed by atoms with Crippen molar-refractivity contribution in [1.82, 2.24) is 4.90 Å². The topological polar surface area (TPSA) is 63.7 Å². The summed E-state index contributed by atoms with van der Waals surface area (Å²) in [5.41, 5.74) is 1.27. The van der Waals surface area contributed by atoms with Crippen LogP contribution in [0.5, 0.6) is 0 Å². The SMILES string of the molecule is COC(=O)c1ccc(CN2C(=O)CCCCC2=O)cc1. The van der Waals surface area contributed by atoms with Gasteiger partial charge >= 0.3 is 5.97 Å². The second kappa shape index (κ2) is 6.32. The van der Waals surface area contributed by atoms with Crippen molar-refractivity contribution in [2.24, 2.45) is 0 Å². The molecular formula is C15H17NO4. The van der Waals surface area contributed by atoms with E-state index in [0.717, 1.165) is 18.4 Å². The first kappa shape index (κ1) is 14.2. The van der Waals surface area contributed by atoms with Gasteiger partial charge in [0.25, 0.3) is 0 Å². The minimum absolute atomic E-state index is 0.121. The molecule has 20 heavy (non-hydrogen) atoms. The number of ether oxygens (including phenoxy) is 1. The zero-order chi connectivity index (χ0) is 14.5. The number of methoxy groups -OCH3 is 1. The molecule has 0 atom stereocenters. The zero-order valence-corrected chi connectivity index (χ0v) is 11.4. The molecule has 0 aromatic heterocycles. The smallest absolute Gasteiger partial charge is 0.337 e. The van der Waals surface area contributed by atoms with Crippen molar-refractivity contribution in [1.29, 1.82) is 0 Å². The summed E-state index contributed by atoms with van der Waals surface area (Å²) in [6, 6.07) is 6.73. The number of esters is 1. The van der Waals surface area contributed by atoms with Gasteiger partial charge in [0, 0.05) is 12.8 Å². The van der Waals surface area contributed by atoms with Gasteiger partial charge in [0.15, 0.2) is 0 Å². The molecule has 1 fully saturated rings. The highest BCUT2D eigenvalue weighted by molar-refractivity contribution is 5.96. The van der Waals surface area contributed by atoms with Crippen molar-refractivity contribution in [2.45, 2.75) is 32.2 Å². The summed E-state index contributed by atoms with van der Waals surface area (Å²) in [5, 5.41) is 0. The molecule has 0 bridgehead atoms.